The van der Waals surface area contributed by atoms with Gasteiger partial charge in [0.15, 0.2) is 0 Å². The number of carboxylic acids is 1. The van der Waals surface area contributed by atoms with Gasteiger partial charge in [-0.2, -0.15) is 0 Å². The van der Waals surface area contributed by atoms with E-state index in [1.54, 1.807) is 7.11 Å². The second-order valence-corrected chi connectivity index (χ2v) is 4.97. The monoisotopic (exact) mass is 310 g/mol. The molecule has 0 saturated heterocycles. The molecule has 0 unspecified atom stereocenters. The van der Waals surface area contributed by atoms with Crippen LogP contribution in [0.3, 0.4) is 0 Å². The summed E-state index contributed by atoms with van der Waals surface area (Å²) in [6.45, 7) is 5.16. The predicted molar refractivity (Wildman–Crippen MR) is 86.7 cm³/mol. The van der Waals surface area contributed by atoms with Crippen LogP contribution < -0.4 is 15.0 Å². The molecule has 0 aliphatic rings. The van der Waals surface area contributed by atoms with Gasteiger partial charge in [0.05, 0.1) is 25.3 Å². The first kappa shape index (κ1) is 18.3. The number of carboxylic acid groups (broad SMARTS) is 1. The molecule has 0 fully saturated rings. The molecule has 0 spiro atoms. The van der Waals surface area contributed by atoms with Gasteiger partial charge in [-0.1, -0.05) is 6.07 Å². The zero-order chi connectivity index (χ0) is 16.4. The normalized spacial score (nSPS) is 10.5. The van der Waals surface area contributed by atoms with Crippen LogP contribution in [0.25, 0.3) is 0 Å². The maximum absolute atomic E-state index is 10.7. The van der Waals surface area contributed by atoms with Gasteiger partial charge in [-0.15, -0.1) is 0 Å². The van der Waals surface area contributed by atoms with Crippen LogP contribution in [-0.2, 0) is 16.1 Å². The summed E-state index contributed by atoms with van der Waals surface area (Å²) < 4.78 is 10.7. The number of aliphatic carboxylic acids is 1. The van der Waals surface area contributed by atoms with Gasteiger partial charge >= 0.3 is 5.97 Å². The lowest BCUT2D eigenvalue weighted by molar-refractivity contribution is -0.136. The average molecular weight is 310 g/mol. The lowest BCUT2D eigenvalue weighted by Crippen LogP contribution is -2.22. The maximum atomic E-state index is 10.7. The molecule has 0 saturated carbocycles. The van der Waals surface area contributed by atoms with Crippen LogP contribution in [-0.4, -0.2) is 51.5 Å². The van der Waals surface area contributed by atoms with Crippen molar-refractivity contribution in [2.24, 2.45) is 0 Å². The number of nitrogens with zero attached hydrogens (tertiary/aromatic N) is 1. The van der Waals surface area contributed by atoms with Crippen molar-refractivity contribution in [2.45, 2.75) is 19.9 Å². The molecule has 0 amide bonds. The molecule has 22 heavy (non-hydrogen) atoms. The highest BCUT2D eigenvalue weighted by Gasteiger charge is 2.11. The molecule has 1 aromatic rings. The van der Waals surface area contributed by atoms with Crippen LogP contribution in [0, 0.1) is 0 Å². The van der Waals surface area contributed by atoms with Crippen LogP contribution in [0.15, 0.2) is 18.2 Å². The van der Waals surface area contributed by atoms with E-state index < -0.39 is 5.97 Å². The van der Waals surface area contributed by atoms with Gasteiger partial charge in [0.2, 0.25) is 0 Å². The Morgan fingerprint density at radius 2 is 2.18 bits per heavy atom. The number of benzene rings is 1. The van der Waals surface area contributed by atoms with Crippen LogP contribution in [0.4, 0.5) is 5.69 Å². The summed E-state index contributed by atoms with van der Waals surface area (Å²) in [5, 5.41) is 12.1. The SMILES string of the molecule is CCOc1cc(CNCCOC)ccc1N(C)CCC(=O)O. The minimum Gasteiger partial charge on any atom is -0.492 e. The molecule has 2 N–H and O–H groups in total. The summed E-state index contributed by atoms with van der Waals surface area (Å²) in [5.41, 5.74) is 2.03. The highest BCUT2D eigenvalue weighted by atomic mass is 16.5. The van der Waals surface area contributed by atoms with Gasteiger partial charge in [-0.05, 0) is 24.6 Å². The van der Waals surface area contributed by atoms with Gasteiger partial charge in [-0.25, -0.2) is 0 Å². The minimum atomic E-state index is -0.802. The Labute approximate surface area is 132 Å². The lowest BCUT2D eigenvalue weighted by Gasteiger charge is -2.22. The molecule has 0 aliphatic carbocycles. The summed E-state index contributed by atoms with van der Waals surface area (Å²) in [6.07, 6.45) is 0.0996. The highest BCUT2D eigenvalue weighted by molar-refractivity contribution is 5.68. The number of hydrogen-bond donors (Lipinski definition) is 2. The molecule has 124 valence electrons. The summed E-state index contributed by atoms with van der Waals surface area (Å²) >= 11 is 0. The van der Waals surface area contributed by atoms with E-state index in [-0.39, 0.29) is 6.42 Å². The van der Waals surface area contributed by atoms with E-state index in [0.717, 1.165) is 30.1 Å². The largest absolute Gasteiger partial charge is 0.492 e. The van der Waals surface area contributed by atoms with E-state index in [9.17, 15) is 4.79 Å². The Hall–Kier alpha value is -1.79. The van der Waals surface area contributed by atoms with E-state index in [1.165, 1.54) is 0 Å². The predicted octanol–water partition coefficient (Wildman–Crippen LogP) is 1.73. The van der Waals surface area contributed by atoms with Crippen molar-refractivity contribution in [3.05, 3.63) is 23.8 Å². The Kier molecular flexibility index (Phi) is 8.32. The molecular weight excluding hydrogens is 284 g/mol. The van der Waals surface area contributed by atoms with Crippen molar-refractivity contribution in [3.63, 3.8) is 0 Å². The first-order valence-corrected chi connectivity index (χ1v) is 7.46. The Balaban J connectivity index is 2.73. The Morgan fingerprint density at radius 3 is 2.82 bits per heavy atom. The lowest BCUT2D eigenvalue weighted by atomic mass is 10.1. The van der Waals surface area contributed by atoms with Crippen LogP contribution in [0.5, 0.6) is 5.75 Å². The van der Waals surface area contributed by atoms with Crippen molar-refractivity contribution >= 4 is 11.7 Å². The standard InChI is InChI=1S/C16H26N2O4/c1-4-22-15-11-13(12-17-8-10-21-3)5-6-14(15)18(2)9-7-16(19)20/h5-6,11,17H,4,7-10,12H2,1-3H3,(H,19,20). The molecule has 6 nitrogen and oxygen atoms in total. The van der Waals surface area contributed by atoms with Crippen molar-refractivity contribution in [1.29, 1.82) is 0 Å². The number of hydrogen-bond acceptors (Lipinski definition) is 5. The average Bonchev–Trinajstić information content (AvgIpc) is 2.50. The van der Waals surface area contributed by atoms with Gasteiger partial charge < -0.3 is 24.8 Å². The summed E-state index contributed by atoms with van der Waals surface area (Å²) in [4.78, 5) is 12.6. The first-order valence-electron chi connectivity index (χ1n) is 7.46. The van der Waals surface area contributed by atoms with Crippen molar-refractivity contribution in [1.82, 2.24) is 5.32 Å². The second kappa shape index (κ2) is 10.0. The number of carbonyl (C=O) groups is 1. The van der Waals surface area contributed by atoms with Crippen LogP contribution in [0.2, 0.25) is 0 Å². The third-order valence-electron chi connectivity index (χ3n) is 3.21. The fourth-order valence-electron chi connectivity index (χ4n) is 2.05. The molecule has 0 heterocycles. The Morgan fingerprint density at radius 1 is 1.41 bits per heavy atom. The summed E-state index contributed by atoms with van der Waals surface area (Å²) in [5.74, 6) is -0.0230. The molecule has 0 atom stereocenters. The zero-order valence-electron chi connectivity index (χ0n) is 13.6. The smallest absolute Gasteiger partial charge is 0.305 e. The molecular formula is C16H26N2O4. The molecule has 1 aromatic carbocycles. The van der Waals surface area contributed by atoms with Gasteiger partial charge in [-0.3, -0.25) is 4.79 Å². The number of ether oxygens (including phenoxy) is 2. The molecule has 0 aromatic heterocycles. The fourth-order valence-corrected chi connectivity index (χ4v) is 2.05. The third kappa shape index (κ3) is 6.32. The molecule has 0 aliphatic heterocycles. The van der Waals surface area contributed by atoms with E-state index in [2.05, 4.69) is 5.32 Å². The number of anilines is 1. The van der Waals surface area contributed by atoms with E-state index in [4.69, 9.17) is 14.6 Å². The molecule has 0 radical (unpaired) electrons. The van der Waals surface area contributed by atoms with E-state index in [1.807, 2.05) is 37.1 Å². The van der Waals surface area contributed by atoms with Gasteiger partial charge in [0.25, 0.3) is 0 Å². The summed E-state index contributed by atoms with van der Waals surface area (Å²) in [7, 11) is 3.55. The van der Waals surface area contributed by atoms with E-state index in [0.29, 0.717) is 19.8 Å². The third-order valence-corrected chi connectivity index (χ3v) is 3.21. The van der Waals surface area contributed by atoms with Gasteiger partial charge in [0, 0.05) is 33.8 Å². The highest BCUT2D eigenvalue weighted by Crippen LogP contribution is 2.29. The number of rotatable bonds is 11. The van der Waals surface area contributed by atoms with Crippen molar-refractivity contribution in [3.8, 4) is 5.75 Å². The maximum Gasteiger partial charge on any atom is 0.305 e. The molecule has 0 bridgehead atoms. The first-order chi connectivity index (χ1) is 10.6. The topological polar surface area (TPSA) is 71.0 Å². The van der Waals surface area contributed by atoms with Crippen LogP contribution >= 0.6 is 0 Å². The minimum absolute atomic E-state index is 0.0996. The summed E-state index contributed by atoms with van der Waals surface area (Å²) in [6, 6.07) is 5.99. The van der Waals surface area contributed by atoms with E-state index >= 15 is 0 Å². The second-order valence-electron chi connectivity index (χ2n) is 4.97. The van der Waals surface area contributed by atoms with Gasteiger partial charge in [0.1, 0.15) is 5.75 Å². The molecule has 1 rings (SSSR count). The number of nitrogens with one attached hydrogen (secondary N) is 1. The molecule has 6 heteroatoms. The quantitative estimate of drug-likeness (QED) is 0.607. The Bertz CT molecular complexity index is 465. The van der Waals surface area contributed by atoms with Crippen molar-refractivity contribution in [2.75, 3.05) is 45.4 Å². The van der Waals surface area contributed by atoms with Crippen molar-refractivity contribution < 1.29 is 19.4 Å². The van der Waals surface area contributed by atoms with Crippen LogP contribution in [0.1, 0.15) is 18.9 Å². The zero-order valence-corrected chi connectivity index (χ0v) is 13.6. The fraction of sp³-hybridized carbons (Fsp3) is 0.562. The number of methoxy groups -OCH3 is 1.